The Kier molecular flexibility index (Phi) is 4.89. The number of benzene rings is 2. The summed E-state index contributed by atoms with van der Waals surface area (Å²) in [4.78, 5) is 0. The molecule has 1 unspecified atom stereocenters. The maximum Gasteiger partial charge on any atom is 0.159 e. The summed E-state index contributed by atoms with van der Waals surface area (Å²) < 4.78 is 27.3. The van der Waals surface area contributed by atoms with Crippen LogP contribution in [0.25, 0.3) is 0 Å². The molecule has 0 aliphatic carbocycles. The molecule has 0 aromatic heterocycles. The van der Waals surface area contributed by atoms with Crippen molar-refractivity contribution < 1.29 is 8.78 Å². The summed E-state index contributed by atoms with van der Waals surface area (Å²) in [5.74, 6) is -1.61. The molecule has 0 spiro atoms. The molecule has 2 aromatic rings. The molecule has 0 saturated carbocycles. The topological polar surface area (TPSA) is 12.0 Å². The first-order chi connectivity index (χ1) is 9.52. The van der Waals surface area contributed by atoms with Crippen LogP contribution in [0.15, 0.2) is 40.9 Å². The van der Waals surface area contributed by atoms with E-state index in [0.29, 0.717) is 6.42 Å². The van der Waals surface area contributed by atoms with Gasteiger partial charge >= 0.3 is 0 Å². The van der Waals surface area contributed by atoms with Crippen molar-refractivity contribution >= 4 is 15.9 Å². The maximum absolute atomic E-state index is 13.3. The van der Waals surface area contributed by atoms with Gasteiger partial charge in [-0.1, -0.05) is 34.1 Å². The van der Waals surface area contributed by atoms with Crippen molar-refractivity contribution in [2.45, 2.75) is 19.4 Å². The van der Waals surface area contributed by atoms with E-state index in [-0.39, 0.29) is 6.04 Å². The lowest BCUT2D eigenvalue weighted by molar-refractivity contribution is 0.504. The van der Waals surface area contributed by atoms with Gasteiger partial charge in [0.15, 0.2) is 11.6 Å². The van der Waals surface area contributed by atoms with Crippen molar-refractivity contribution in [2.75, 3.05) is 7.05 Å². The van der Waals surface area contributed by atoms with Crippen molar-refractivity contribution in [1.29, 1.82) is 0 Å². The van der Waals surface area contributed by atoms with E-state index in [9.17, 15) is 8.78 Å². The van der Waals surface area contributed by atoms with Gasteiger partial charge in [0.1, 0.15) is 0 Å². The Morgan fingerprint density at radius 1 is 1.15 bits per heavy atom. The van der Waals surface area contributed by atoms with Gasteiger partial charge in [0, 0.05) is 10.5 Å². The molecule has 4 heteroatoms. The molecule has 1 N–H and O–H groups in total. The van der Waals surface area contributed by atoms with Gasteiger partial charge in [0.25, 0.3) is 0 Å². The third-order valence-electron chi connectivity index (χ3n) is 3.46. The van der Waals surface area contributed by atoms with Crippen molar-refractivity contribution in [2.24, 2.45) is 0 Å². The molecule has 2 rings (SSSR count). The SMILES string of the molecule is CNC(Cc1ccc(F)c(F)c1)c1cccc(Br)c1C. The number of halogens is 3. The number of hydrogen-bond acceptors (Lipinski definition) is 1. The Labute approximate surface area is 126 Å². The standard InChI is InChI=1S/C16H16BrF2N/c1-10-12(4-3-5-13(10)17)16(20-2)9-11-6-7-14(18)15(19)8-11/h3-8,16,20H,9H2,1-2H3. The Hall–Kier alpha value is -1.26. The number of nitrogens with one attached hydrogen (secondary N) is 1. The first-order valence-corrected chi connectivity index (χ1v) is 7.18. The monoisotopic (exact) mass is 339 g/mol. The van der Waals surface area contributed by atoms with Crippen molar-refractivity contribution in [1.82, 2.24) is 5.32 Å². The predicted octanol–water partition coefficient (Wildman–Crippen LogP) is 4.54. The van der Waals surface area contributed by atoms with Crippen molar-refractivity contribution in [3.63, 3.8) is 0 Å². The third kappa shape index (κ3) is 3.25. The molecule has 0 amide bonds. The van der Waals surface area contributed by atoms with Crippen molar-refractivity contribution in [3.05, 3.63) is 69.2 Å². The molecule has 1 atom stereocenters. The predicted molar refractivity (Wildman–Crippen MR) is 80.7 cm³/mol. The van der Waals surface area contributed by atoms with Gasteiger partial charge in [0.2, 0.25) is 0 Å². The van der Waals surface area contributed by atoms with Crippen LogP contribution in [0.1, 0.15) is 22.7 Å². The maximum atomic E-state index is 13.3. The Morgan fingerprint density at radius 3 is 2.55 bits per heavy atom. The summed E-state index contributed by atoms with van der Waals surface area (Å²) in [6.45, 7) is 2.04. The molecule has 1 nitrogen and oxygen atoms in total. The fourth-order valence-corrected chi connectivity index (χ4v) is 2.65. The highest BCUT2D eigenvalue weighted by Crippen LogP contribution is 2.27. The third-order valence-corrected chi connectivity index (χ3v) is 4.32. The van der Waals surface area contributed by atoms with Gasteiger partial charge in [0.05, 0.1) is 0 Å². The second-order valence-electron chi connectivity index (χ2n) is 4.75. The smallest absolute Gasteiger partial charge is 0.159 e. The molecule has 106 valence electrons. The Morgan fingerprint density at radius 2 is 1.90 bits per heavy atom. The van der Waals surface area contributed by atoms with Crippen LogP contribution in [0.5, 0.6) is 0 Å². The van der Waals surface area contributed by atoms with Crippen LogP contribution in [0.3, 0.4) is 0 Å². The van der Waals surface area contributed by atoms with E-state index in [1.165, 1.54) is 12.1 Å². The van der Waals surface area contributed by atoms with E-state index in [2.05, 4.69) is 21.2 Å². The number of likely N-dealkylation sites (N-methyl/N-ethyl adjacent to an activating group) is 1. The second-order valence-corrected chi connectivity index (χ2v) is 5.60. The summed E-state index contributed by atoms with van der Waals surface area (Å²) in [5.41, 5.74) is 3.06. The van der Waals surface area contributed by atoms with E-state index in [1.807, 2.05) is 32.2 Å². The van der Waals surface area contributed by atoms with Gasteiger partial charge in [-0.15, -0.1) is 0 Å². The van der Waals surface area contributed by atoms with Crippen LogP contribution in [0.4, 0.5) is 8.78 Å². The highest BCUT2D eigenvalue weighted by atomic mass is 79.9. The summed E-state index contributed by atoms with van der Waals surface area (Å²) in [6.07, 6.45) is 0.602. The summed E-state index contributed by atoms with van der Waals surface area (Å²) >= 11 is 3.51. The Balaban J connectivity index is 2.28. The van der Waals surface area contributed by atoms with Crippen LogP contribution in [0, 0.1) is 18.6 Å². The fraction of sp³-hybridized carbons (Fsp3) is 0.250. The fourth-order valence-electron chi connectivity index (χ4n) is 2.27. The second kappa shape index (κ2) is 6.46. The molecule has 20 heavy (non-hydrogen) atoms. The minimum absolute atomic E-state index is 0.0531. The molecule has 0 saturated heterocycles. The minimum Gasteiger partial charge on any atom is -0.313 e. The lowest BCUT2D eigenvalue weighted by atomic mass is 9.95. The van der Waals surface area contributed by atoms with E-state index in [1.54, 1.807) is 6.07 Å². The molecule has 0 aliphatic heterocycles. The average molecular weight is 340 g/mol. The summed E-state index contributed by atoms with van der Waals surface area (Å²) in [7, 11) is 1.87. The lowest BCUT2D eigenvalue weighted by Gasteiger charge is -2.20. The van der Waals surface area contributed by atoms with Crippen LogP contribution < -0.4 is 5.32 Å². The highest BCUT2D eigenvalue weighted by Gasteiger charge is 2.14. The molecule has 0 aliphatic rings. The van der Waals surface area contributed by atoms with Gasteiger partial charge in [-0.2, -0.15) is 0 Å². The first kappa shape index (κ1) is 15.1. The zero-order chi connectivity index (χ0) is 14.7. The largest absolute Gasteiger partial charge is 0.313 e. The normalized spacial score (nSPS) is 12.4. The lowest BCUT2D eigenvalue weighted by Crippen LogP contribution is -2.20. The molecular formula is C16H16BrF2N. The van der Waals surface area contributed by atoms with E-state index >= 15 is 0 Å². The molecule has 0 bridgehead atoms. The van der Waals surface area contributed by atoms with E-state index < -0.39 is 11.6 Å². The van der Waals surface area contributed by atoms with Gasteiger partial charge in [-0.25, -0.2) is 8.78 Å². The molecular weight excluding hydrogens is 324 g/mol. The molecule has 2 aromatic carbocycles. The van der Waals surface area contributed by atoms with Gasteiger partial charge < -0.3 is 5.32 Å². The van der Waals surface area contributed by atoms with Gasteiger partial charge in [-0.3, -0.25) is 0 Å². The van der Waals surface area contributed by atoms with E-state index in [4.69, 9.17) is 0 Å². The first-order valence-electron chi connectivity index (χ1n) is 6.39. The van der Waals surface area contributed by atoms with E-state index in [0.717, 1.165) is 21.2 Å². The van der Waals surface area contributed by atoms with Gasteiger partial charge in [-0.05, 0) is 55.3 Å². The highest BCUT2D eigenvalue weighted by molar-refractivity contribution is 9.10. The molecule has 0 heterocycles. The number of hydrogen-bond donors (Lipinski definition) is 1. The zero-order valence-corrected chi connectivity index (χ0v) is 13.0. The van der Waals surface area contributed by atoms with Crippen LogP contribution in [-0.2, 0) is 6.42 Å². The Bertz CT molecular complexity index is 613. The summed E-state index contributed by atoms with van der Waals surface area (Å²) in [6, 6.07) is 10.1. The van der Waals surface area contributed by atoms with Crippen LogP contribution in [0.2, 0.25) is 0 Å². The number of rotatable bonds is 4. The summed E-state index contributed by atoms with van der Waals surface area (Å²) in [5, 5.41) is 3.23. The minimum atomic E-state index is -0.812. The molecule has 0 radical (unpaired) electrons. The average Bonchev–Trinajstić information content (AvgIpc) is 2.43. The van der Waals surface area contributed by atoms with Crippen molar-refractivity contribution in [3.8, 4) is 0 Å². The zero-order valence-electron chi connectivity index (χ0n) is 11.4. The van der Waals surface area contributed by atoms with Crippen LogP contribution in [-0.4, -0.2) is 7.05 Å². The molecule has 0 fully saturated rings. The quantitative estimate of drug-likeness (QED) is 0.862. The van der Waals surface area contributed by atoms with Crippen LogP contribution >= 0.6 is 15.9 Å².